The van der Waals surface area contributed by atoms with Crippen LogP contribution < -0.4 is 5.32 Å². The molecular weight excluding hydrogens is 479 g/mol. The molecule has 0 spiro atoms. The molecule has 3 aromatic rings. The van der Waals surface area contributed by atoms with Crippen LogP contribution in [0.5, 0.6) is 0 Å². The topological polar surface area (TPSA) is 71.5 Å². The van der Waals surface area contributed by atoms with Crippen molar-refractivity contribution in [3.8, 4) is 5.69 Å². The Hall–Kier alpha value is -2.36. The highest BCUT2D eigenvalue weighted by atomic mass is 127. The summed E-state index contributed by atoms with van der Waals surface area (Å²) in [5.41, 5.74) is 4.27. The second-order valence-electron chi connectivity index (χ2n) is 6.77. The molecular formula is C21H29IN6O. The highest BCUT2D eigenvalue weighted by Gasteiger charge is 2.11. The summed E-state index contributed by atoms with van der Waals surface area (Å²) in [6.07, 6.45) is 4.77. The van der Waals surface area contributed by atoms with Gasteiger partial charge in [0, 0.05) is 44.0 Å². The molecule has 0 bridgehead atoms. The molecule has 0 saturated heterocycles. The summed E-state index contributed by atoms with van der Waals surface area (Å²) in [4.78, 5) is 6.88. The summed E-state index contributed by atoms with van der Waals surface area (Å²) in [7, 11) is 2.04. The number of aryl methyl sites for hydroxylation is 2. The van der Waals surface area contributed by atoms with Gasteiger partial charge in [-0.3, -0.25) is 4.99 Å². The maximum atomic E-state index is 5.23. The number of aliphatic imine (C=N–C) groups is 1. The average molecular weight is 508 g/mol. The molecule has 0 aliphatic carbocycles. The van der Waals surface area contributed by atoms with Gasteiger partial charge in [0.1, 0.15) is 5.76 Å². The van der Waals surface area contributed by atoms with Crippen LogP contribution in [0.2, 0.25) is 0 Å². The molecule has 0 atom stereocenters. The first-order valence-corrected chi connectivity index (χ1v) is 9.58. The van der Waals surface area contributed by atoms with Crippen molar-refractivity contribution in [3.63, 3.8) is 0 Å². The van der Waals surface area contributed by atoms with Gasteiger partial charge in [-0.25, -0.2) is 4.68 Å². The molecule has 2 heterocycles. The molecule has 156 valence electrons. The van der Waals surface area contributed by atoms with Crippen molar-refractivity contribution in [1.82, 2.24) is 25.2 Å². The zero-order valence-electron chi connectivity index (χ0n) is 17.4. The van der Waals surface area contributed by atoms with Gasteiger partial charge in [0.05, 0.1) is 17.6 Å². The van der Waals surface area contributed by atoms with Crippen LogP contribution in [-0.4, -0.2) is 45.9 Å². The molecule has 0 amide bonds. The van der Waals surface area contributed by atoms with E-state index in [1.807, 2.05) is 62.1 Å². The monoisotopic (exact) mass is 508 g/mol. The number of nitrogens with one attached hydrogen (secondary N) is 1. The van der Waals surface area contributed by atoms with Crippen LogP contribution in [0.15, 0.2) is 52.2 Å². The van der Waals surface area contributed by atoms with E-state index in [4.69, 9.17) is 9.52 Å². The van der Waals surface area contributed by atoms with Gasteiger partial charge in [-0.15, -0.1) is 24.0 Å². The van der Waals surface area contributed by atoms with Gasteiger partial charge in [0.25, 0.3) is 0 Å². The molecule has 0 aliphatic rings. The van der Waals surface area contributed by atoms with Crippen molar-refractivity contribution >= 4 is 29.9 Å². The number of para-hydroxylation sites is 1. The van der Waals surface area contributed by atoms with Gasteiger partial charge in [-0.05, 0) is 39.3 Å². The van der Waals surface area contributed by atoms with Gasteiger partial charge >= 0.3 is 0 Å². The van der Waals surface area contributed by atoms with Crippen LogP contribution in [0.4, 0.5) is 0 Å². The number of benzene rings is 1. The van der Waals surface area contributed by atoms with Crippen molar-refractivity contribution in [1.29, 1.82) is 0 Å². The number of halogens is 1. The Morgan fingerprint density at radius 1 is 1.24 bits per heavy atom. The van der Waals surface area contributed by atoms with E-state index in [0.29, 0.717) is 6.54 Å². The molecule has 1 N–H and O–H groups in total. The van der Waals surface area contributed by atoms with Gasteiger partial charge in [-0.2, -0.15) is 5.10 Å². The lowest BCUT2D eigenvalue weighted by Gasteiger charge is -2.21. The number of rotatable bonds is 7. The van der Waals surface area contributed by atoms with Gasteiger partial charge < -0.3 is 14.7 Å². The zero-order valence-corrected chi connectivity index (χ0v) is 19.8. The fourth-order valence-corrected chi connectivity index (χ4v) is 3.11. The van der Waals surface area contributed by atoms with Crippen molar-refractivity contribution in [2.24, 2.45) is 4.99 Å². The Labute approximate surface area is 189 Å². The lowest BCUT2D eigenvalue weighted by Crippen LogP contribution is -2.38. The Bertz CT molecular complexity index is 899. The molecule has 3 rings (SSSR count). The van der Waals surface area contributed by atoms with Crippen LogP contribution >= 0.6 is 24.0 Å². The number of nitrogens with zero attached hydrogens (tertiary/aromatic N) is 5. The van der Waals surface area contributed by atoms with Crippen molar-refractivity contribution in [3.05, 3.63) is 65.3 Å². The van der Waals surface area contributed by atoms with E-state index in [1.165, 1.54) is 0 Å². The van der Waals surface area contributed by atoms with Crippen LogP contribution in [0.3, 0.4) is 0 Å². The van der Waals surface area contributed by atoms with Crippen LogP contribution in [0, 0.1) is 13.8 Å². The first kappa shape index (κ1) is 22.9. The Morgan fingerprint density at radius 2 is 2.00 bits per heavy atom. The molecule has 0 saturated carbocycles. The summed E-state index contributed by atoms with van der Waals surface area (Å²) in [6.45, 7) is 8.21. The Balaban J connectivity index is 0.00000300. The van der Waals surface area contributed by atoms with E-state index < -0.39 is 0 Å². The molecule has 8 heteroatoms. The summed E-state index contributed by atoms with van der Waals surface area (Å²) >= 11 is 0. The van der Waals surface area contributed by atoms with Crippen molar-refractivity contribution < 1.29 is 4.52 Å². The largest absolute Gasteiger partial charge is 0.361 e. The van der Waals surface area contributed by atoms with Crippen molar-refractivity contribution in [2.45, 2.75) is 33.7 Å². The first-order valence-electron chi connectivity index (χ1n) is 9.58. The molecule has 0 radical (unpaired) electrons. The number of guanidine groups is 1. The Kier molecular flexibility index (Phi) is 8.69. The summed E-state index contributed by atoms with van der Waals surface area (Å²) in [5, 5.41) is 11.8. The van der Waals surface area contributed by atoms with E-state index in [0.717, 1.165) is 53.7 Å². The van der Waals surface area contributed by atoms with E-state index in [-0.39, 0.29) is 24.0 Å². The maximum absolute atomic E-state index is 5.23. The third-order valence-corrected chi connectivity index (χ3v) is 4.58. The van der Waals surface area contributed by atoms with Crippen LogP contribution in [0.25, 0.3) is 5.69 Å². The molecule has 0 fully saturated rings. The third kappa shape index (κ3) is 6.06. The molecule has 29 heavy (non-hydrogen) atoms. The smallest absolute Gasteiger partial charge is 0.193 e. The second kappa shape index (κ2) is 11.0. The average Bonchev–Trinajstić information content (AvgIpc) is 3.29. The van der Waals surface area contributed by atoms with E-state index in [1.54, 1.807) is 0 Å². The summed E-state index contributed by atoms with van der Waals surface area (Å²) in [6, 6.07) is 10.1. The fourth-order valence-electron chi connectivity index (χ4n) is 3.11. The number of hydrogen-bond acceptors (Lipinski definition) is 4. The van der Waals surface area contributed by atoms with Crippen LogP contribution in [0.1, 0.15) is 29.5 Å². The lowest BCUT2D eigenvalue weighted by molar-refractivity contribution is 0.392. The molecule has 1 aromatic carbocycles. The van der Waals surface area contributed by atoms with E-state index >= 15 is 0 Å². The molecule has 2 aromatic heterocycles. The SMILES string of the molecule is CCNC(=NCCc1c(C)noc1C)N(C)Cc1cnn(-c2ccccc2)c1.I. The quantitative estimate of drug-likeness (QED) is 0.299. The normalized spacial score (nSPS) is 11.2. The predicted molar refractivity (Wildman–Crippen MR) is 126 cm³/mol. The minimum atomic E-state index is 0. The molecule has 0 unspecified atom stereocenters. The lowest BCUT2D eigenvalue weighted by atomic mass is 10.1. The van der Waals surface area contributed by atoms with E-state index in [2.05, 4.69) is 33.6 Å². The number of hydrogen-bond donors (Lipinski definition) is 1. The highest BCUT2D eigenvalue weighted by molar-refractivity contribution is 14.0. The fraction of sp³-hybridized carbons (Fsp3) is 0.381. The van der Waals surface area contributed by atoms with Gasteiger partial charge in [-0.1, -0.05) is 23.4 Å². The first-order chi connectivity index (χ1) is 13.6. The second-order valence-corrected chi connectivity index (χ2v) is 6.77. The van der Waals surface area contributed by atoms with E-state index in [9.17, 15) is 0 Å². The zero-order chi connectivity index (χ0) is 19.9. The number of aromatic nitrogens is 3. The van der Waals surface area contributed by atoms with Crippen molar-refractivity contribution in [2.75, 3.05) is 20.1 Å². The minimum Gasteiger partial charge on any atom is -0.361 e. The summed E-state index contributed by atoms with van der Waals surface area (Å²) in [5.74, 6) is 1.75. The third-order valence-electron chi connectivity index (χ3n) is 4.58. The Morgan fingerprint density at radius 3 is 2.66 bits per heavy atom. The van der Waals surface area contributed by atoms with Crippen LogP contribution in [-0.2, 0) is 13.0 Å². The van der Waals surface area contributed by atoms with Gasteiger partial charge in [0.2, 0.25) is 0 Å². The highest BCUT2D eigenvalue weighted by Crippen LogP contribution is 2.13. The maximum Gasteiger partial charge on any atom is 0.193 e. The molecule has 7 nitrogen and oxygen atoms in total. The predicted octanol–water partition coefficient (Wildman–Crippen LogP) is 3.74. The summed E-state index contributed by atoms with van der Waals surface area (Å²) < 4.78 is 7.13. The van der Waals surface area contributed by atoms with Gasteiger partial charge in [0.15, 0.2) is 5.96 Å². The minimum absolute atomic E-state index is 0. The standard InChI is InChI=1S/C21H28N6O.HI/c1-5-22-21(23-12-11-20-16(2)25-28-17(20)3)26(4)14-18-13-24-27(15-18)19-9-7-6-8-10-19;/h6-10,13,15H,5,11-12,14H2,1-4H3,(H,22,23);1H. The molecule has 0 aliphatic heterocycles.